The minimum Gasteiger partial charge on any atom is -0.478 e. The van der Waals surface area contributed by atoms with Crippen molar-refractivity contribution < 1.29 is 14.3 Å². The van der Waals surface area contributed by atoms with E-state index >= 15 is 0 Å². The Morgan fingerprint density at radius 2 is 1.83 bits per heavy atom. The van der Waals surface area contributed by atoms with E-state index in [-0.39, 0.29) is 5.56 Å². The standard InChI is InChI=1S/C14H20FNO2/c1-3-5-16(6-4-2)10-11-7-12(14(17)18)9-13(15)8-11/h7-9H,3-6,10H2,1-2H3,(H,17,18). The minimum absolute atomic E-state index is 0.0120. The van der Waals surface area contributed by atoms with Gasteiger partial charge in [0.05, 0.1) is 5.56 Å². The Bertz CT molecular complexity index is 401. The molecule has 0 amide bonds. The van der Waals surface area contributed by atoms with Crippen LogP contribution >= 0.6 is 0 Å². The molecule has 0 aromatic heterocycles. The molecular weight excluding hydrogens is 233 g/mol. The summed E-state index contributed by atoms with van der Waals surface area (Å²) in [7, 11) is 0. The van der Waals surface area contributed by atoms with Gasteiger partial charge in [0.25, 0.3) is 0 Å². The van der Waals surface area contributed by atoms with Gasteiger partial charge in [0.1, 0.15) is 5.82 Å². The van der Waals surface area contributed by atoms with Gasteiger partial charge in [0.15, 0.2) is 0 Å². The van der Waals surface area contributed by atoms with Crippen molar-refractivity contribution in [2.75, 3.05) is 13.1 Å². The molecule has 1 rings (SSSR count). The summed E-state index contributed by atoms with van der Waals surface area (Å²) in [5.74, 6) is -1.58. The molecule has 0 saturated heterocycles. The van der Waals surface area contributed by atoms with E-state index in [1.165, 1.54) is 6.07 Å². The van der Waals surface area contributed by atoms with Crippen LogP contribution < -0.4 is 0 Å². The van der Waals surface area contributed by atoms with Crippen molar-refractivity contribution in [3.8, 4) is 0 Å². The molecule has 1 N–H and O–H groups in total. The maximum Gasteiger partial charge on any atom is 0.335 e. The van der Waals surface area contributed by atoms with E-state index in [0.717, 1.165) is 32.0 Å². The molecule has 0 saturated carbocycles. The molecule has 4 heteroatoms. The third-order valence-electron chi connectivity index (χ3n) is 2.69. The average Bonchev–Trinajstić information content (AvgIpc) is 2.28. The minimum atomic E-state index is -1.09. The van der Waals surface area contributed by atoms with Crippen LogP contribution in [0.2, 0.25) is 0 Å². The zero-order chi connectivity index (χ0) is 13.5. The number of halogens is 1. The van der Waals surface area contributed by atoms with Gasteiger partial charge in [-0.25, -0.2) is 9.18 Å². The molecule has 3 nitrogen and oxygen atoms in total. The Labute approximate surface area is 107 Å². The van der Waals surface area contributed by atoms with Crippen LogP contribution in [0.1, 0.15) is 42.6 Å². The predicted molar refractivity (Wildman–Crippen MR) is 69.2 cm³/mol. The molecule has 0 aliphatic rings. The first kappa shape index (κ1) is 14.6. The lowest BCUT2D eigenvalue weighted by molar-refractivity contribution is 0.0696. The van der Waals surface area contributed by atoms with E-state index in [2.05, 4.69) is 18.7 Å². The molecule has 0 fully saturated rings. The molecule has 100 valence electrons. The van der Waals surface area contributed by atoms with Gasteiger partial charge in [0, 0.05) is 6.54 Å². The molecule has 0 atom stereocenters. The van der Waals surface area contributed by atoms with Crippen molar-refractivity contribution in [1.29, 1.82) is 0 Å². The quantitative estimate of drug-likeness (QED) is 0.811. The fourth-order valence-corrected chi connectivity index (χ4v) is 2.03. The lowest BCUT2D eigenvalue weighted by Crippen LogP contribution is -2.25. The second kappa shape index (κ2) is 7.11. The molecule has 0 aliphatic carbocycles. The molecule has 1 aromatic rings. The van der Waals surface area contributed by atoms with Gasteiger partial charge >= 0.3 is 5.97 Å². The van der Waals surface area contributed by atoms with Gasteiger partial charge in [-0.3, -0.25) is 4.90 Å². The maximum absolute atomic E-state index is 13.3. The van der Waals surface area contributed by atoms with Crippen LogP contribution in [0.5, 0.6) is 0 Å². The Balaban J connectivity index is 2.84. The summed E-state index contributed by atoms with van der Waals surface area (Å²) in [6.07, 6.45) is 2.06. The van der Waals surface area contributed by atoms with Crippen molar-refractivity contribution in [2.24, 2.45) is 0 Å². The maximum atomic E-state index is 13.3. The lowest BCUT2D eigenvalue weighted by atomic mass is 10.1. The van der Waals surface area contributed by atoms with Crippen molar-refractivity contribution >= 4 is 5.97 Å². The van der Waals surface area contributed by atoms with Crippen LogP contribution in [0.3, 0.4) is 0 Å². The molecule has 0 unspecified atom stereocenters. The number of rotatable bonds is 7. The highest BCUT2D eigenvalue weighted by Crippen LogP contribution is 2.12. The summed E-state index contributed by atoms with van der Waals surface area (Å²) < 4.78 is 13.3. The largest absolute Gasteiger partial charge is 0.478 e. The molecule has 0 radical (unpaired) electrons. The van der Waals surface area contributed by atoms with E-state index < -0.39 is 11.8 Å². The summed E-state index contributed by atoms with van der Waals surface area (Å²) >= 11 is 0. The van der Waals surface area contributed by atoms with Gasteiger partial charge in [-0.2, -0.15) is 0 Å². The van der Waals surface area contributed by atoms with Crippen molar-refractivity contribution in [2.45, 2.75) is 33.2 Å². The number of carboxylic acid groups (broad SMARTS) is 1. The van der Waals surface area contributed by atoms with Crippen molar-refractivity contribution in [1.82, 2.24) is 4.90 Å². The predicted octanol–water partition coefficient (Wildman–Crippen LogP) is 3.15. The Hall–Kier alpha value is -1.42. The molecule has 0 heterocycles. The number of carboxylic acids is 1. The van der Waals surface area contributed by atoms with Crippen LogP contribution in [0.4, 0.5) is 4.39 Å². The van der Waals surface area contributed by atoms with Crippen LogP contribution in [-0.4, -0.2) is 29.1 Å². The summed E-state index contributed by atoms with van der Waals surface area (Å²) in [5, 5.41) is 8.89. The summed E-state index contributed by atoms with van der Waals surface area (Å²) in [6, 6.07) is 4.00. The highest BCUT2D eigenvalue weighted by molar-refractivity contribution is 5.87. The van der Waals surface area contributed by atoms with Crippen LogP contribution in [0, 0.1) is 5.82 Å². The fourth-order valence-electron chi connectivity index (χ4n) is 2.03. The first-order valence-corrected chi connectivity index (χ1v) is 6.32. The average molecular weight is 253 g/mol. The number of nitrogens with zero attached hydrogens (tertiary/aromatic N) is 1. The van der Waals surface area contributed by atoms with Gasteiger partial charge in [-0.05, 0) is 49.7 Å². The number of benzene rings is 1. The third kappa shape index (κ3) is 4.45. The van der Waals surface area contributed by atoms with E-state index in [1.54, 1.807) is 6.07 Å². The zero-order valence-corrected chi connectivity index (χ0v) is 10.9. The first-order valence-electron chi connectivity index (χ1n) is 6.32. The number of hydrogen-bond donors (Lipinski definition) is 1. The van der Waals surface area contributed by atoms with Crippen molar-refractivity contribution in [3.05, 3.63) is 35.1 Å². The molecule has 0 bridgehead atoms. The molecular formula is C14H20FNO2. The van der Waals surface area contributed by atoms with E-state index in [9.17, 15) is 9.18 Å². The fraction of sp³-hybridized carbons (Fsp3) is 0.500. The SMILES string of the molecule is CCCN(CCC)Cc1cc(F)cc(C(=O)O)c1. The second-order valence-electron chi connectivity index (χ2n) is 4.43. The number of carbonyl (C=O) groups is 1. The highest BCUT2D eigenvalue weighted by Gasteiger charge is 2.09. The molecule has 18 heavy (non-hydrogen) atoms. The Morgan fingerprint density at radius 1 is 1.22 bits per heavy atom. The third-order valence-corrected chi connectivity index (χ3v) is 2.69. The molecule has 1 aromatic carbocycles. The molecule has 0 spiro atoms. The van der Waals surface area contributed by atoms with E-state index in [1.807, 2.05) is 0 Å². The lowest BCUT2D eigenvalue weighted by Gasteiger charge is -2.21. The van der Waals surface area contributed by atoms with Crippen LogP contribution in [0.15, 0.2) is 18.2 Å². The Kier molecular flexibility index (Phi) is 5.78. The Morgan fingerprint density at radius 3 is 2.33 bits per heavy atom. The van der Waals surface area contributed by atoms with E-state index in [4.69, 9.17) is 5.11 Å². The summed E-state index contributed by atoms with van der Waals surface area (Å²) in [4.78, 5) is 13.1. The summed E-state index contributed by atoms with van der Waals surface area (Å²) in [5.41, 5.74) is 0.729. The molecule has 0 aliphatic heterocycles. The van der Waals surface area contributed by atoms with Gasteiger partial charge in [0.2, 0.25) is 0 Å². The monoisotopic (exact) mass is 253 g/mol. The van der Waals surface area contributed by atoms with Crippen molar-refractivity contribution in [3.63, 3.8) is 0 Å². The zero-order valence-electron chi connectivity index (χ0n) is 10.9. The summed E-state index contributed by atoms with van der Waals surface area (Å²) in [6.45, 7) is 6.66. The topological polar surface area (TPSA) is 40.5 Å². The smallest absolute Gasteiger partial charge is 0.335 e. The van der Waals surface area contributed by atoms with Gasteiger partial charge in [-0.15, -0.1) is 0 Å². The first-order chi connectivity index (χ1) is 8.56. The second-order valence-corrected chi connectivity index (χ2v) is 4.43. The number of hydrogen-bond acceptors (Lipinski definition) is 2. The van der Waals surface area contributed by atoms with Crippen LogP contribution in [0.25, 0.3) is 0 Å². The van der Waals surface area contributed by atoms with Gasteiger partial charge < -0.3 is 5.11 Å². The van der Waals surface area contributed by atoms with E-state index in [0.29, 0.717) is 12.1 Å². The number of aromatic carboxylic acids is 1. The highest BCUT2D eigenvalue weighted by atomic mass is 19.1. The van der Waals surface area contributed by atoms with Gasteiger partial charge in [-0.1, -0.05) is 13.8 Å². The van der Waals surface area contributed by atoms with Crippen LogP contribution in [-0.2, 0) is 6.54 Å². The normalized spacial score (nSPS) is 10.9.